The van der Waals surface area contributed by atoms with Gasteiger partial charge in [-0.1, -0.05) is 127 Å². The van der Waals surface area contributed by atoms with Crippen LogP contribution in [-0.2, 0) is 4.79 Å². The maximum absolute atomic E-state index is 8.63. The molecule has 7 aromatic rings. The van der Waals surface area contributed by atoms with E-state index in [0.29, 0.717) is 40.2 Å². The van der Waals surface area contributed by atoms with Crippen LogP contribution in [0.3, 0.4) is 0 Å². The Morgan fingerprint density at radius 1 is 0.196 bits per heavy atom. The number of hydrogen-bond acceptors (Lipinski definition) is 8. The van der Waals surface area contributed by atoms with E-state index in [1.165, 1.54) is 0 Å². The lowest BCUT2D eigenvalue weighted by Gasteiger charge is -1.82. The highest BCUT2D eigenvalue weighted by Crippen LogP contribution is 2.06. The lowest BCUT2D eigenvalue weighted by Crippen LogP contribution is -1.56. The van der Waals surface area contributed by atoms with Gasteiger partial charge in [-0.2, -0.15) is 0 Å². The molecular weight excluding hydrogens is 644 g/mol. The predicted molar refractivity (Wildman–Crippen MR) is 204 cm³/mol. The van der Waals surface area contributed by atoms with Crippen LogP contribution in [0.5, 0.6) is 40.2 Å². The molecule has 0 aliphatic rings. The summed E-state index contributed by atoms with van der Waals surface area (Å²) < 4.78 is 0. The zero-order chi connectivity index (χ0) is 37.8. The van der Waals surface area contributed by atoms with E-state index < -0.39 is 0 Å². The molecule has 0 saturated carbocycles. The number of benzene rings is 7. The van der Waals surface area contributed by atoms with E-state index >= 15 is 0 Å². The van der Waals surface area contributed by atoms with Gasteiger partial charge in [-0.05, 0) is 84.9 Å². The number of carbonyl (C=O) groups is 1. The molecule has 0 aromatic heterocycles. The van der Waals surface area contributed by atoms with Crippen LogP contribution in [-0.4, -0.2) is 42.5 Å². The molecule has 0 spiro atoms. The van der Waals surface area contributed by atoms with Gasteiger partial charge < -0.3 is 40.5 Å². The Balaban J connectivity index is 0.000000567. The molecule has 8 heteroatoms. The van der Waals surface area contributed by atoms with Crippen molar-refractivity contribution in [3.63, 3.8) is 0 Å². The van der Waals surface area contributed by atoms with Crippen molar-refractivity contribution < 1.29 is 40.5 Å². The first kappa shape index (κ1) is 43.8. The SMILES string of the molecule is C=O.Oc1ccccc1.Oc1ccccc1.Oc1ccccc1.Oc1ccccc1.Oc1ccccc1.Oc1ccccc1.Oc1ccccc1. The van der Waals surface area contributed by atoms with Gasteiger partial charge in [0.25, 0.3) is 0 Å². The molecule has 51 heavy (non-hydrogen) atoms. The van der Waals surface area contributed by atoms with E-state index in [0.717, 1.165) is 0 Å². The summed E-state index contributed by atoms with van der Waals surface area (Å²) in [6.45, 7) is 2.00. The standard InChI is InChI=1S/7C6H6O.CH2O/c7*7-6-4-2-1-3-5-6;1-2/h7*1-5,7H;1H2. The largest absolute Gasteiger partial charge is 0.508 e. The van der Waals surface area contributed by atoms with Crippen molar-refractivity contribution >= 4 is 6.79 Å². The molecule has 0 atom stereocenters. The summed E-state index contributed by atoms with van der Waals surface area (Å²) in [6, 6.07) is 61.0. The van der Waals surface area contributed by atoms with Crippen molar-refractivity contribution in [2.45, 2.75) is 0 Å². The highest BCUT2D eigenvalue weighted by molar-refractivity contribution is 5.22. The van der Waals surface area contributed by atoms with Crippen molar-refractivity contribution in [2.75, 3.05) is 0 Å². The van der Waals surface area contributed by atoms with Crippen LogP contribution < -0.4 is 0 Å². The van der Waals surface area contributed by atoms with Crippen LogP contribution in [0, 0.1) is 0 Å². The summed E-state index contributed by atoms with van der Waals surface area (Å²) in [4.78, 5) is 8.00. The number of phenolic OH excluding ortho intramolecular Hbond substituents is 7. The number of phenols is 7. The molecule has 264 valence electrons. The molecule has 0 aliphatic heterocycles. The fourth-order valence-electron chi connectivity index (χ4n) is 3.00. The minimum atomic E-state index is 0.322. The van der Waals surface area contributed by atoms with Crippen molar-refractivity contribution in [3.05, 3.63) is 212 Å². The first-order valence-corrected chi connectivity index (χ1v) is 15.2. The van der Waals surface area contributed by atoms with Gasteiger partial charge >= 0.3 is 0 Å². The van der Waals surface area contributed by atoms with Gasteiger partial charge in [0.15, 0.2) is 0 Å². The van der Waals surface area contributed by atoms with Crippen molar-refractivity contribution in [1.82, 2.24) is 0 Å². The number of para-hydroxylation sites is 7. The van der Waals surface area contributed by atoms with Crippen molar-refractivity contribution in [3.8, 4) is 40.2 Å². The van der Waals surface area contributed by atoms with Gasteiger partial charge in [0.05, 0.1) is 0 Å². The maximum Gasteiger partial charge on any atom is 0.115 e. The number of aromatic hydroxyl groups is 7. The van der Waals surface area contributed by atoms with Crippen LogP contribution in [0.4, 0.5) is 0 Å². The van der Waals surface area contributed by atoms with Gasteiger partial charge in [0.1, 0.15) is 47.0 Å². The maximum atomic E-state index is 8.63. The second-order valence-corrected chi connectivity index (χ2v) is 9.35. The lowest BCUT2D eigenvalue weighted by molar-refractivity contribution is -0.0980. The smallest absolute Gasteiger partial charge is 0.115 e. The Kier molecular flexibility index (Phi) is 27.0. The Labute approximate surface area is 299 Å². The Morgan fingerprint density at radius 2 is 0.275 bits per heavy atom. The fourth-order valence-corrected chi connectivity index (χ4v) is 3.00. The summed E-state index contributed by atoms with van der Waals surface area (Å²) in [5.74, 6) is 2.25. The molecule has 0 amide bonds. The zero-order valence-electron chi connectivity index (χ0n) is 28.0. The average Bonchev–Trinajstić information content (AvgIpc) is 3.16. The molecule has 7 aromatic carbocycles. The highest BCUT2D eigenvalue weighted by atomic mass is 16.3. The van der Waals surface area contributed by atoms with Gasteiger partial charge in [0.2, 0.25) is 0 Å². The fraction of sp³-hybridized carbons (Fsp3) is 0. The summed E-state index contributed by atoms with van der Waals surface area (Å²) >= 11 is 0. The van der Waals surface area contributed by atoms with Crippen molar-refractivity contribution in [1.29, 1.82) is 0 Å². The minimum absolute atomic E-state index is 0.322. The van der Waals surface area contributed by atoms with E-state index in [-0.39, 0.29) is 0 Å². The molecule has 0 unspecified atom stereocenters. The summed E-state index contributed by atoms with van der Waals surface area (Å²) in [5, 5.41) is 60.4. The zero-order valence-corrected chi connectivity index (χ0v) is 28.0. The van der Waals surface area contributed by atoms with Crippen LogP contribution >= 0.6 is 0 Å². The van der Waals surface area contributed by atoms with Crippen LogP contribution in [0.2, 0.25) is 0 Å². The molecule has 0 bridgehead atoms. The molecule has 0 radical (unpaired) electrons. The van der Waals surface area contributed by atoms with E-state index in [1.807, 2.05) is 49.3 Å². The number of carbonyl (C=O) groups excluding carboxylic acids is 1. The Hall–Kier alpha value is -7.19. The third kappa shape index (κ3) is 29.9. The molecular formula is C43H44O8. The molecule has 7 rings (SSSR count). The van der Waals surface area contributed by atoms with E-state index in [9.17, 15) is 0 Å². The second kappa shape index (κ2) is 31.4. The molecule has 0 aliphatic carbocycles. The van der Waals surface area contributed by atoms with E-state index in [4.69, 9.17) is 40.5 Å². The normalized spacial score (nSPS) is 8.31. The van der Waals surface area contributed by atoms with E-state index in [2.05, 4.69) is 0 Å². The molecule has 7 N–H and O–H groups in total. The summed E-state index contributed by atoms with van der Waals surface area (Å²) in [7, 11) is 0. The van der Waals surface area contributed by atoms with Crippen LogP contribution in [0.15, 0.2) is 212 Å². The van der Waals surface area contributed by atoms with Gasteiger partial charge in [-0.15, -0.1) is 0 Å². The third-order valence-electron chi connectivity index (χ3n) is 5.29. The minimum Gasteiger partial charge on any atom is -0.508 e. The summed E-state index contributed by atoms with van der Waals surface area (Å²) in [5.41, 5.74) is 0. The topological polar surface area (TPSA) is 159 Å². The Morgan fingerprint density at radius 3 is 0.314 bits per heavy atom. The average molecular weight is 689 g/mol. The summed E-state index contributed by atoms with van der Waals surface area (Å²) in [6.07, 6.45) is 0. The molecule has 0 heterocycles. The first-order chi connectivity index (χ1) is 24.8. The van der Waals surface area contributed by atoms with Crippen molar-refractivity contribution in [2.24, 2.45) is 0 Å². The van der Waals surface area contributed by atoms with Gasteiger partial charge in [-0.3, -0.25) is 0 Å². The lowest BCUT2D eigenvalue weighted by atomic mass is 10.3. The number of hydrogen-bond donors (Lipinski definition) is 7. The van der Waals surface area contributed by atoms with Crippen LogP contribution in [0.25, 0.3) is 0 Å². The molecule has 8 nitrogen and oxygen atoms in total. The Bertz CT molecular complexity index is 1330. The van der Waals surface area contributed by atoms with E-state index in [1.54, 1.807) is 170 Å². The first-order valence-electron chi connectivity index (χ1n) is 15.2. The second-order valence-electron chi connectivity index (χ2n) is 9.35. The molecule has 0 saturated heterocycles. The van der Waals surface area contributed by atoms with Gasteiger partial charge in [-0.25, -0.2) is 0 Å². The molecule has 0 fully saturated rings. The highest BCUT2D eigenvalue weighted by Gasteiger charge is 1.78. The quantitative estimate of drug-likeness (QED) is 0.0830. The number of rotatable bonds is 0. The van der Waals surface area contributed by atoms with Gasteiger partial charge in [0, 0.05) is 0 Å². The third-order valence-corrected chi connectivity index (χ3v) is 5.29. The monoisotopic (exact) mass is 688 g/mol. The van der Waals surface area contributed by atoms with Crippen LogP contribution in [0.1, 0.15) is 0 Å². The predicted octanol–water partition coefficient (Wildman–Crippen LogP) is 9.56.